The van der Waals surface area contributed by atoms with Gasteiger partial charge in [-0.05, 0) is 61.3 Å². The van der Waals surface area contributed by atoms with E-state index in [9.17, 15) is 18.0 Å². The number of likely N-dealkylation sites (tertiary alicyclic amines) is 2. The van der Waals surface area contributed by atoms with E-state index in [4.69, 9.17) is 6.57 Å². The van der Waals surface area contributed by atoms with Crippen LogP contribution in [0.5, 0.6) is 0 Å². The van der Waals surface area contributed by atoms with Crippen molar-refractivity contribution in [1.29, 1.82) is 0 Å². The number of rotatable bonds is 3. The fourth-order valence-electron chi connectivity index (χ4n) is 4.43. The van der Waals surface area contributed by atoms with Crippen molar-refractivity contribution in [2.75, 3.05) is 20.6 Å². The molecule has 0 saturated carbocycles. The summed E-state index contributed by atoms with van der Waals surface area (Å²) in [5.74, 6) is 0.118. The van der Waals surface area contributed by atoms with E-state index < -0.39 is 17.3 Å². The van der Waals surface area contributed by atoms with Crippen molar-refractivity contribution in [2.24, 2.45) is 0 Å². The normalized spacial score (nSPS) is 26.4. The molecule has 2 saturated heterocycles. The van der Waals surface area contributed by atoms with Gasteiger partial charge in [-0.15, -0.1) is 0 Å². The lowest BCUT2D eigenvalue weighted by atomic mass is 9.95. The molecule has 2 aliphatic heterocycles. The van der Waals surface area contributed by atoms with E-state index in [0.717, 1.165) is 43.5 Å². The molecule has 29 heavy (non-hydrogen) atoms. The van der Waals surface area contributed by atoms with E-state index >= 15 is 0 Å². The summed E-state index contributed by atoms with van der Waals surface area (Å²) in [5, 5.41) is 0. The summed E-state index contributed by atoms with van der Waals surface area (Å²) >= 11 is 0. The predicted molar refractivity (Wildman–Crippen MR) is 107 cm³/mol. The molecule has 0 aromatic heterocycles. The average molecular weight is 404 g/mol. The number of amides is 1. The van der Waals surface area contributed by atoms with Crippen LogP contribution >= 0.6 is 0 Å². The minimum atomic E-state index is -4.37. The molecule has 2 atom stereocenters. The van der Waals surface area contributed by atoms with Gasteiger partial charge < -0.3 is 4.90 Å². The molecule has 4 nitrogen and oxygen atoms in total. The van der Waals surface area contributed by atoms with Crippen LogP contribution in [-0.2, 0) is 11.0 Å². The minimum absolute atomic E-state index is 0.118. The Bertz CT molecular complexity index is 895. The molecular formula is C22H25F3N3O+. The molecule has 0 bridgehead atoms. The van der Waals surface area contributed by atoms with Gasteiger partial charge in [-0.1, -0.05) is 18.2 Å². The van der Waals surface area contributed by atoms with Gasteiger partial charge in [0.2, 0.25) is 5.91 Å². The number of nitrogens with zero attached hydrogens (tertiary/aromatic N) is 3. The monoisotopic (exact) mass is 404 g/mol. The third kappa shape index (κ3) is 3.69. The summed E-state index contributed by atoms with van der Waals surface area (Å²) < 4.78 is 38.5. The number of hydrogen-bond acceptors (Lipinski definition) is 2. The smallest absolute Gasteiger partial charge is 0.344 e. The van der Waals surface area contributed by atoms with Crippen molar-refractivity contribution in [2.45, 2.75) is 43.9 Å². The molecule has 1 amide bonds. The first-order chi connectivity index (χ1) is 13.6. The molecule has 0 aliphatic carbocycles. The topological polar surface area (TPSA) is 27.9 Å². The standard InChI is InChI=1S/C22H25F3N3O/c1-5-15(16-6-8-17(9-7-16)22(23,24)25)14-18(26-2)19-10-11-21(28(19)4)12-13-27(3)20(21)29/h2,5-9,14,19H,10-13H2,1,3-4H3/q+1/b15-5+,18-14-/t19-,21+/m1/s1. The van der Waals surface area contributed by atoms with Crippen LogP contribution in [0.1, 0.15) is 37.3 Å². The number of likely N-dealkylation sites (N-methyl/N-ethyl adjacent to an activating group) is 2. The number of benzene rings is 1. The first-order valence-corrected chi connectivity index (χ1v) is 9.59. The van der Waals surface area contributed by atoms with Gasteiger partial charge >= 0.3 is 11.9 Å². The molecule has 2 aliphatic rings. The molecule has 0 unspecified atom stereocenters. The van der Waals surface area contributed by atoms with Crippen LogP contribution in [-0.4, -0.2) is 47.9 Å². The number of allylic oxidation sites excluding steroid dienone is 3. The van der Waals surface area contributed by atoms with E-state index in [1.807, 2.05) is 27.1 Å². The van der Waals surface area contributed by atoms with E-state index in [0.29, 0.717) is 11.3 Å². The van der Waals surface area contributed by atoms with Gasteiger partial charge in [-0.25, -0.2) is 0 Å². The fourth-order valence-corrected chi connectivity index (χ4v) is 4.43. The first-order valence-electron chi connectivity index (χ1n) is 9.59. The van der Waals surface area contributed by atoms with Gasteiger partial charge in [0.1, 0.15) is 11.6 Å². The molecule has 3 rings (SSSR count). The van der Waals surface area contributed by atoms with Crippen LogP contribution in [0, 0.1) is 6.57 Å². The van der Waals surface area contributed by atoms with Crippen molar-refractivity contribution >= 4 is 11.5 Å². The summed E-state index contributed by atoms with van der Waals surface area (Å²) in [4.78, 5) is 20.5. The predicted octanol–water partition coefficient (Wildman–Crippen LogP) is 4.65. The number of halogens is 3. The van der Waals surface area contributed by atoms with E-state index in [1.54, 1.807) is 11.0 Å². The van der Waals surface area contributed by atoms with Crippen molar-refractivity contribution in [3.8, 4) is 6.57 Å². The Labute approximate surface area is 169 Å². The van der Waals surface area contributed by atoms with Crippen molar-refractivity contribution < 1.29 is 18.0 Å². The number of alkyl halides is 3. The lowest BCUT2D eigenvalue weighted by molar-refractivity contribution is -0.137. The summed E-state index contributed by atoms with van der Waals surface area (Å²) in [7, 11) is 3.73. The van der Waals surface area contributed by atoms with Crippen LogP contribution in [0.3, 0.4) is 0 Å². The van der Waals surface area contributed by atoms with Crippen LogP contribution in [0.2, 0.25) is 0 Å². The zero-order valence-electron chi connectivity index (χ0n) is 16.8. The summed E-state index contributed by atoms with van der Waals surface area (Å²) in [5.41, 5.74) is 0.777. The molecule has 0 radical (unpaired) electrons. The molecule has 1 aromatic rings. The summed E-state index contributed by atoms with van der Waals surface area (Å²) in [6.07, 6.45) is 1.48. The quantitative estimate of drug-likeness (QED) is 0.686. The van der Waals surface area contributed by atoms with Crippen LogP contribution in [0.25, 0.3) is 10.4 Å². The van der Waals surface area contributed by atoms with Gasteiger partial charge in [-0.3, -0.25) is 9.69 Å². The maximum atomic E-state index is 12.8. The van der Waals surface area contributed by atoms with Crippen molar-refractivity contribution in [3.63, 3.8) is 0 Å². The van der Waals surface area contributed by atoms with Crippen LogP contribution in [0.4, 0.5) is 13.2 Å². The van der Waals surface area contributed by atoms with Gasteiger partial charge in [0.05, 0.1) is 5.56 Å². The maximum Gasteiger partial charge on any atom is 0.416 e. The highest BCUT2D eigenvalue weighted by atomic mass is 19.4. The van der Waals surface area contributed by atoms with Gasteiger partial charge in [0.15, 0.2) is 0 Å². The molecule has 1 aromatic carbocycles. The maximum absolute atomic E-state index is 12.8. The number of carbonyl (C=O) groups excluding carboxylic acids is 1. The summed E-state index contributed by atoms with van der Waals surface area (Å²) in [6.45, 7) is 8.22. The van der Waals surface area contributed by atoms with Gasteiger partial charge in [0, 0.05) is 19.7 Å². The minimum Gasteiger partial charge on any atom is -0.344 e. The van der Waals surface area contributed by atoms with E-state index in [1.165, 1.54) is 12.1 Å². The molecule has 154 valence electrons. The average Bonchev–Trinajstić information content (AvgIpc) is 3.18. The second-order valence-corrected chi connectivity index (χ2v) is 7.69. The third-order valence-electron chi connectivity index (χ3n) is 6.23. The molecule has 2 fully saturated rings. The van der Waals surface area contributed by atoms with Gasteiger partial charge in [-0.2, -0.15) is 13.2 Å². The van der Waals surface area contributed by atoms with Gasteiger partial charge in [0.25, 0.3) is 6.57 Å². The Morgan fingerprint density at radius 1 is 1.24 bits per heavy atom. The van der Waals surface area contributed by atoms with Crippen molar-refractivity contribution in [3.05, 3.63) is 58.1 Å². The Morgan fingerprint density at radius 2 is 1.90 bits per heavy atom. The third-order valence-corrected chi connectivity index (χ3v) is 6.23. The SMILES string of the molecule is C#[N+]/C(=C\C(=C/C)c1ccc(C(F)(F)F)cc1)[C@H]1CC[C@@]2(CCN(C)C2=O)N1C. The molecular weight excluding hydrogens is 379 g/mol. The van der Waals surface area contributed by atoms with E-state index in [2.05, 4.69) is 9.74 Å². The molecule has 7 heteroatoms. The van der Waals surface area contributed by atoms with Crippen molar-refractivity contribution in [1.82, 2.24) is 9.80 Å². The number of carbonyl (C=O) groups is 1. The highest BCUT2D eigenvalue weighted by molar-refractivity contribution is 5.89. The zero-order chi connectivity index (χ0) is 21.4. The largest absolute Gasteiger partial charge is 0.416 e. The lowest BCUT2D eigenvalue weighted by Crippen LogP contribution is -2.50. The molecule has 0 N–H and O–H groups in total. The van der Waals surface area contributed by atoms with Crippen LogP contribution in [0.15, 0.2) is 42.1 Å². The number of hydrogen-bond donors (Lipinski definition) is 0. The van der Waals surface area contributed by atoms with E-state index in [-0.39, 0.29) is 11.9 Å². The lowest BCUT2D eigenvalue weighted by Gasteiger charge is -2.31. The Balaban J connectivity index is 1.87. The molecule has 2 heterocycles. The Morgan fingerprint density at radius 3 is 2.38 bits per heavy atom. The Kier molecular flexibility index (Phi) is 5.59. The second-order valence-electron chi connectivity index (χ2n) is 7.69. The fraction of sp³-hybridized carbons (Fsp3) is 0.455. The second kappa shape index (κ2) is 7.68. The first kappa shape index (κ1) is 21.1. The highest BCUT2D eigenvalue weighted by Gasteiger charge is 2.56. The highest BCUT2D eigenvalue weighted by Crippen LogP contribution is 2.43. The zero-order valence-corrected chi connectivity index (χ0v) is 16.8. The Hall–Kier alpha value is -2.59. The van der Waals surface area contributed by atoms with Crippen LogP contribution < -0.4 is 0 Å². The molecule has 1 spiro atoms. The summed E-state index contributed by atoms with van der Waals surface area (Å²) in [6, 6.07) is 4.89.